The standard InChI is InChI=1S/C21H20ClF4N3O/c1-20(23,24)18-16(9-12-5-7-21(25,26)8-6-12)29-11-15(22)14(10-17(29)28-18)19(30)27-13-3-2-4-13/h2-4,10-12H,5-9H2,1H3,(H,27,30). The maximum atomic E-state index is 14.3. The lowest BCUT2D eigenvalue weighted by atomic mass is 9.83. The molecule has 9 heteroatoms. The van der Waals surface area contributed by atoms with Crippen LogP contribution >= 0.6 is 11.6 Å². The highest BCUT2D eigenvalue weighted by Crippen LogP contribution is 2.39. The Kier molecular flexibility index (Phi) is 5.16. The number of nitrogens with one attached hydrogen (secondary N) is 1. The van der Waals surface area contributed by atoms with Gasteiger partial charge in [0.05, 0.1) is 16.3 Å². The molecule has 2 aromatic heterocycles. The van der Waals surface area contributed by atoms with Gasteiger partial charge in [-0.1, -0.05) is 17.7 Å². The maximum absolute atomic E-state index is 14.3. The van der Waals surface area contributed by atoms with Gasteiger partial charge < -0.3 is 9.72 Å². The third-order valence-electron chi connectivity index (χ3n) is 5.60. The molecule has 0 aromatic carbocycles. The first-order valence-electron chi connectivity index (χ1n) is 9.70. The fourth-order valence-electron chi connectivity index (χ4n) is 3.88. The van der Waals surface area contributed by atoms with Gasteiger partial charge in [0.15, 0.2) is 0 Å². The molecule has 2 heterocycles. The molecule has 0 bridgehead atoms. The summed E-state index contributed by atoms with van der Waals surface area (Å²) in [6, 6.07) is 1.37. The number of carbonyl (C=O) groups excluding carboxylic acids is 1. The molecule has 2 aliphatic rings. The van der Waals surface area contributed by atoms with Crippen molar-refractivity contribution in [1.82, 2.24) is 14.7 Å². The Morgan fingerprint density at radius 1 is 1.37 bits per heavy atom. The Morgan fingerprint density at radius 3 is 2.60 bits per heavy atom. The lowest BCUT2D eigenvalue weighted by molar-refractivity contribution is -0.0460. The number of rotatable bonds is 5. The molecule has 30 heavy (non-hydrogen) atoms. The van der Waals surface area contributed by atoms with Crippen molar-refractivity contribution >= 4 is 23.2 Å². The van der Waals surface area contributed by atoms with E-state index < -0.39 is 23.4 Å². The van der Waals surface area contributed by atoms with Crippen molar-refractivity contribution in [2.24, 2.45) is 5.92 Å². The Labute approximate surface area is 175 Å². The van der Waals surface area contributed by atoms with E-state index in [2.05, 4.69) is 10.3 Å². The van der Waals surface area contributed by atoms with Crippen molar-refractivity contribution in [2.45, 2.75) is 50.9 Å². The highest BCUT2D eigenvalue weighted by atomic mass is 35.5. The van der Waals surface area contributed by atoms with Gasteiger partial charge in [-0.25, -0.2) is 13.8 Å². The van der Waals surface area contributed by atoms with Crippen LogP contribution in [0.2, 0.25) is 5.02 Å². The van der Waals surface area contributed by atoms with Crippen LogP contribution in [0.15, 0.2) is 36.2 Å². The summed E-state index contributed by atoms with van der Waals surface area (Å²) in [5.41, 5.74) is 0.722. The number of alkyl halides is 4. The number of allylic oxidation sites excluding steroid dienone is 3. The summed E-state index contributed by atoms with van der Waals surface area (Å²) < 4.78 is 57.0. The van der Waals surface area contributed by atoms with Crippen molar-refractivity contribution in [3.05, 3.63) is 58.2 Å². The van der Waals surface area contributed by atoms with Gasteiger partial charge in [-0.2, -0.15) is 8.78 Å². The zero-order valence-electron chi connectivity index (χ0n) is 16.2. The summed E-state index contributed by atoms with van der Waals surface area (Å²) in [7, 11) is 0. The van der Waals surface area contributed by atoms with Crippen molar-refractivity contribution in [1.29, 1.82) is 0 Å². The molecule has 0 radical (unpaired) electrons. The van der Waals surface area contributed by atoms with E-state index in [0.717, 1.165) is 6.92 Å². The van der Waals surface area contributed by atoms with Gasteiger partial charge in [0, 0.05) is 31.7 Å². The number of amides is 1. The smallest absolute Gasteiger partial charge is 0.288 e. The minimum absolute atomic E-state index is 0.0868. The predicted molar refractivity (Wildman–Crippen MR) is 105 cm³/mol. The second-order valence-electron chi connectivity index (χ2n) is 8.00. The summed E-state index contributed by atoms with van der Waals surface area (Å²) in [5.74, 6) is -6.53. The minimum Gasteiger partial charge on any atom is -0.322 e. The number of aromatic nitrogens is 2. The van der Waals surface area contributed by atoms with E-state index in [4.69, 9.17) is 11.6 Å². The van der Waals surface area contributed by atoms with E-state index in [1.165, 1.54) is 16.7 Å². The van der Waals surface area contributed by atoms with E-state index in [1.807, 2.05) is 0 Å². The van der Waals surface area contributed by atoms with Gasteiger partial charge in [-0.3, -0.25) is 4.79 Å². The highest BCUT2D eigenvalue weighted by Gasteiger charge is 2.38. The van der Waals surface area contributed by atoms with E-state index >= 15 is 0 Å². The summed E-state index contributed by atoms with van der Waals surface area (Å²) in [4.78, 5) is 16.5. The average Bonchev–Trinajstić information content (AvgIpc) is 2.97. The molecule has 4 rings (SSSR count). The fraction of sp³-hybridized carbons (Fsp3) is 0.429. The molecule has 160 valence electrons. The Hall–Kier alpha value is -2.35. The molecule has 1 fully saturated rings. The van der Waals surface area contributed by atoms with Crippen molar-refractivity contribution in [3.63, 3.8) is 0 Å². The number of fused-ring (bicyclic) bond motifs is 1. The molecule has 4 nitrogen and oxygen atoms in total. The number of halogens is 5. The Balaban J connectivity index is 1.69. The summed E-state index contributed by atoms with van der Waals surface area (Å²) in [5, 5.41) is 2.74. The number of imidazole rings is 1. The van der Waals surface area contributed by atoms with Crippen LogP contribution in [0.3, 0.4) is 0 Å². The monoisotopic (exact) mass is 441 g/mol. The average molecular weight is 442 g/mol. The van der Waals surface area contributed by atoms with Crippen LogP contribution in [0.4, 0.5) is 17.6 Å². The molecule has 0 unspecified atom stereocenters. The Morgan fingerprint density at radius 2 is 2.03 bits per heavy atom. The van der Waals surface area contributed by atoms with Crippen LogP contribution in [0.5, 0.6) is 0 Å². The molecule has 1 N–H and O–H groups in total. The molecule has 0 saturated heterocycles. The third-order valence-corrected chi connectivity index (χ3v) is 5.90. The molecular formula is C21H20ClF4N3O. The van der Waals surface area contributed by atoms with E-state index in [9.17, 15) is 22.4 Å². The van der Waals surface area contributed by atoms with E-state index in [1.54, 1.807) is 18.2 Å². The number of carbonyl (C=O) groups is 1. The number of hydrogen-bond acceptors (Lipinski definition) is 2. The second kappa shape index (κ2) is 7.41. The van der Waals surface area contributed by atoms with Crippen LogP contribution in [0.1, 0.15) is 54.4 Å². The molecular weight excluding hydrogens is 422 g/mol. The van der Waals surface area contributed by atoms with Gasteiger partial charge >= 0.3 is 0 Å². The third kappa shape index (κ3) is 4.10. The number of hydrogen-bond donors (Lipinski definition) is 1. The normalized spacial score (nSPS) is 18.9. The van der Waals surface area contributed by atoms with Crippen LogP contribution < -0.4 is 5.32 Å². The first kappa shape index (κ1) is 20.9. The summed E-state index contributed by atoms with van der Waals surface area (Å²) >= 11 is 6.28. The molecule has 0 spiro atoms. The van der Waals surface area contributed by atoms with Crippen LogP contribution in [0, 0.1) is 5.92 Å². The van der Waals surface area contributed by atoms with Gasteiger partial charge in [0.1, 0.15) is 11.3 Å². The van der Waals surface area contributed by atoms with Crippen LogP contribution in [0.25, 0.3) is 5.65 Å². The highest BCUT2D eigenvalue weighted by molar-refractivity contribution is 6.33. The topological polar surface area (TPSA) is 46.4 Å². The fourth-order valence-corrected chi connectivity index (χ4v) is 4.12. The lowest BCUT2D eigenvalue weighted by Gasteiger charge is -2.28. The summed E-state index contributed by atoms with van der Waals surface area (Å²) in [6.45, 7) is 0.748. The SMILES string of the molecule is CC(F)(F)c1nc2cc(C(=O)NC3=CC=C3)c(Cl)cn2c1CC1CCC(F)(F)CC1. The molecule has 1 saturated carbocycles. The molecule has 1 amide bonds. The van der Waals surface area contributed by atoms with Crippen LogP contribution in [-0.2, 0) is 12.3 Å². The Bertz CT molecular complexity index is 1060. The summed E-state index contributed by atoms with van der Waals surface area (Å²) in [6.07, 6.45) is 6.78. The molecule has 0 atom stereocenters. The number of pyridine rings is 1. The second-order valence-corrected chi connectivity index (χ2v) is 8.40. The quantitative estimate of drug-likeness (QED) is 0.609. The van der Waals surface area contributed by atoms with E-state index in [0.29, 0.717) is 5.70 Å². The van der Waals surface area contributed by atoms with Crippen LogP contribution in [-0.4, -0.2) is 21.2 Å². The predicted octanol–water partition coefficient (Wildman–Crippen LogP) is 5.65. The number of nitrogens with zero attached hydrogens (tertiary/aromatic N) is 2. The maximum Gasteiger partial charge on any atom is 0.288 e. The van der Waals surface area contributed by atoms with Gasteiger partial charge in [-0.15, -0.1) is 0 Å². The van der Waals surface area contributed by atoms with E-state index in [-0.39, 0.29) is 59.9 Å². The largest absolute Gasteiger partial charge is 0.322 e. The minimum atomic E-state index is -3.23. The van der Waals surface area contributed by atoms with Crippen molar-refractivity contribution in [3.8, 4) is 0 Å². The van der Waals surface area contributed by atoms with Gasteiger partial charge in [0.25, 0.3) is 11.8 Å². The van der Waals surface area contributed by atoms with Crippen molar-refractivity contribution in [2.75, 3.05) is 0 Å². The molecule has 2 aromatic rings. The van der Waals surface area contributed by atoms with Gasteiger partial charge in [0.2, 0.25) is 5.92 Å². The first-order chi connectivity index (χ1) is 14.0. The zero-order chi connectivity index (χ0) is 21.7. The molecule has 2 aliphatic carbocycles. The van der Waals surface area contributed by atoms with Crippen molar-refractivity contribution < 1.29 is 22.4 Å². The first-order valence-corrected chi connectivity index (χ1v) is 10.1. The lowest BCUT2D eigenvalue weighted by Crippen LogP contribution is -2.26. The molecule has 0 aliphatic heterocycles. The van der Waals surface area contributed by atoms with Gasteiger partial charge in [-0.05, 0) is 43.4 Å². The zero-order valence-corrected chi connectivity index (χ0v) is 16.9.